The maximum absolute atomic E-state index is 12.9. The Bertz CT molecular complexity index is 1330. The average Bonchev–Trinajstić information content (AvgIpc) is 3.19. The van der Waals surface area contributed by atoms with Crippen LogP contribution in [0, 0.1) is 6.92 Å². The molecule has 0 bridgehead atoms. The third-order valence-electron chi connectivity index (χ3n) is 5.79. The predicted molar refractivity (Wildman–Crippen MR) is 140 cm³/mol. The SMILES string of the molecule is Cc1cccc(Cn2ccc(-c3cn(SI)c4ncc(N5CCOCC5)cc34)cc2=O)c1. The van der Waals surface area contributed by atoms with Crippen LogP contribution in [0.5, 0.6) is 0 Å². The molecule has 1 aromatic carbocycles. The van der Waals surface area contributed by atoms with Crippen molar-refractivity contribution in [2.75, 3.05) is 31.2 Å². The molecule has 32 heavy (non-hydrogen) atoms. The summed E-state index contributed by atoms with van der Waals surface area (Å²) in [5.74, 6) is 0. The lowest BCUT2D eigenvalue weighted by Gasteiger charge is -2.28. The molecule has 4 aromatic rings. The van der Waals surface area contributed by atoms with E-state index >= 15 is 0 Å². The van der Waals surface area contributed by atoms with Crippen LogP contribution < -0.4 is 10.5 Å². The largest absolute Gasteiger partial charge is 0.378 e. The Kier molecular flexibility index (Phi) is 6.25. The number of aromatic nitrogens is 3. The molecule has 4 heterocycles. The Labute approximate surface area is 202 Å². The highest BCUT2D eigenvalue weighted by Crippen LogP contribution is 2.35. The molecule has 0 saturated carbocycles. The van der Waals surface area contributed by atoms with Gasteiger partial charge in [-0.1, -0.05) is 29.8 Å². The Morgan fingerprint density at radius 2 is 2.00 bits per heavy atom. The van der Waals surface area contributed by atoms with Crippen LogP contribution in [0.15, 0.2) is 65.8 Å². The normalized spacial score (nSPS) is 14.2. The van der Waals surface area contributed by atoms with Crippen molar-refractivity contribution < 1.29 is 4.74 Å². The van der Waals surface area contributed by atoms with Gasteiger partial charge in [0.15, 0.2) is 5.65 Å². The van der Waals surface area contributed by atoms with E-state index in [2.05, 4.69) is 63.5 Å². The summed E-state index contributed by atoms with van der Waals surface area (Å²) >= 11 is 2.26. The molecule has 1 fully saturated rings. The highest BCUT2D eigenvalue weighted by molar-refractivity contribution is 14.2. The molecule has 5 rings (SSSR count). The minimum Gasteiger partial charge on any atom is -0.378 e. The van der Waals surface area contributed by atoms with Gasteiger partial charge in [0.25, 0.3) is 5.56 Å². The fourth-order valence-electron chi connectivity index (χ4n) is 4.16. The average molecular weight is 558 g/mol. The van der Waals surface area contributed by atoms with E-state index in [0.29, 0.717) is 6.54 Å². The lowest BCUT2D eigenvalue weighted by molar-refractivity contribution is 0.122. The Hall–Kier alpha value is -2.30. The number of morpholine rings is 1. The number of hydrogen-bond acceptors (Lipinski definition) is 5. The minimum absolute atomic E-state index is 0.00988. The Balaban J connectivity index is 1.53. The summed E-state index contributed by atoms with van der Waals surface area (Å²) in [6, 6.07) is 14.2. The van der Waals surface area contributed by atoms with Crippen molar-refractivity contribution in [3.05, 3.63) is 82.5 Å². The first kappa shape index (κ1) is 21.5. The first-order valence-electron chi connectivity index (χ1n) is 10.5. The zero-order valence-electron chi connectivity index (χ0n) is 17.7. The van der Waals surface area contributed by atoms with Gasteiger partial charge in [-0.25, -0.2) is 4.98 Å². The van der Waals surface area contributed by atoms with E-state index < -0.39 is 0 Å². The third kappa shape index (κ3) is 4.31. The van der Waals surface area contributed by atoms with Crippen LogP contribution in [0.4, 0.5) is 5.69 Å². The summed E-state index contributed by atoms with van der Waals surface area (Å²) in [6.07, 6.45) is 5.89. The van der Waals surface area contributed by atoms with Gasteiger partial charge in [0.1, 0.15) is 0 Å². The van der Waals surface area contributed by atoms with Gasteiger partial charge >= 0.3 is 0 Å². The number of halogens is 1. The standard InChI is InChI=1S/C24H23IN4O2S/c1-17-3-2-4-18(11-17)15-28-6-5-19(12-23(28)30)22-16-29(32-25)24-21(22)13-20(14-26-24)27-7-9-31-10-8-27/h2-6,11-14,16H,7-10,15H2,1H3. The number of pyridine rings is 2. The van der Waals surface area contributed by atoms with E-state index in [-0.39, 0.29) is 5.56 Å². The second-order valence-electron chi connectivity index (χ2n) is 7.97. The molecule has 0 amide bonds. The fourth-order valence-corrected chi connectivity index (χ4v) is 5.42. The first-order chi connectivity index (χ1) is 15.6. The third-order valence-corrected chi connectivity index (χ3v) is 7.49. The van der Waals surface area contributed by atoms with E-state index in [4.69, 9.17) is 9.72 Å². The van der Waals surface area contributed by atoms with E-state index in [1.54, 1.807) is 19.8 Å². The minimum atomic E-state index is -0.00988. The van der Waals surface area contributed by atoms with Gasteiger partial charge in [0.2, 0.25) is 0 Å². The number of fused-ring (bicyclic) bond motifs is 1. The van der Waals surface area contributed by atoms with Crippen LogP contribution in [0.2, 0.25) is 0 Å². The quantitative estimate of drug-likeness (QED) is 0.326. The summed E-state index contributed by atoms with van der Waals surface area (Å²) in [7, 11) is 1.57. The van der Waals surface area contributed by atoms with Crippen molar-refractivity contribution in [1.82, 2.24) is 13.5 Å². The summed E-state index contributed by atoms with van der Waals surface area (Å²) in [4.78, 5) is 20.0. The molecule has 1 saturated heterocycles. The molecule has 0 spiro atoms. The number of aryl methyl sites for hydroxylation is 1. The zero-order chi connectivity index (χ0) is 22.1. The topological polar surface area (TPSA) is 52.3 Å². The monoisotopic (exact) mass is 558 g/mol. The number of anilines is 1. The van der Waals surface area contributed by atoms with Gasteiger partial charge in [-0.05, 0) is 30.2 Å². The summed E-state index contributed by atoms with van der Waals surface area (Å²) in [5, 5.41) is 1.05. The number of rotatable bonds is 5. The van der Waals surface area contributed by atoms with Crippen molar-refractivity contribution in [1.29, 1.82) is 0 Å². The molecule has 0 atom stereocenters. The highest BCUT2D eigenvalue weighted by Gasteiger charge is 2.17. The number of hydrogen-bond donors (Lipinski definition) is 0. The smallest absolute Gasteiger partial charge is 0.251 e. The summed E-state index contributed by atoms with van der Waals surface area (Å²) < 4.78 is 9.29. The van der Waals surface area contributed by atoms with Crippen molar-refractivity contribution in [2.24, 2.45) is 0 Å². The van der Waals surface area contributed by atoms with E-state index in [1.165, 1.54) is 5.56 Å². The molecule has 164 valence electrons. The maximum Gasteiger partial charge on any atom is 0.251 e. The molecule has 6 nitrogen and oxygen atoms in total. The maximum atomic E-state index is 12.9. The van der Waals surface area contributed by atoms with Crippen LogP contribution in [0.3, 0.4) is 0 Å². The number of nitrogens with zero attached hydrogens (tertiary/aromatic N) is 4. The summed E-state index contributed by atoms with van der Waals surface area (Å²) in [5.41, 5.74) is 6.23. The zero-order valence-corrected chi connectivity index (χ0v) is 20.7. The molecule has 3 aromatic heterocycles. The lowest BCUT2D eigenvalue weighted by Crippen LogP contribution is -2.36. The summed E-state index contributed by atoms with van der Waals surface area (Å²) in [6.45, 7) is 5.81. The van der Waals surface area contributed by atoms with Crippen molar-refractivity contribution in [3.8, 4) is 11.1 Å². The van der Waals surface area contributed by atoms with Gasteiger partial charge < -0.3 is 14.2 Å². The fraction of sp³-hybridized carbons (Fsp3) is 0.250. The second kappa shape index (κ2) is 9.29. The molecule has 0 radical (unpaired) electrons. The molecule has 0 unspecified atom stereocenters. The Morgan fingerprint density at radius 3 is 2.75 bits per heavy atom. The van der Waals surface area contributed by atoms with Gasteiger partial charge in [-0.15, -0.1) is 0 Å². The first-order valence-corrected chi connectivity index (χ1v) is 13.8. The van der Waals surface area contributed by atoms with Crippen molar-refractivity contribution in [3.63, 3.8) is 0 Å². The second-order valence-corrected chi connectivity index (χ2v) is 9.69. The van der Waals surface area contributed by atoms with Crippen molar-refractivity contribution >= 4 is 47.0 Å². The molecule has 1 aliphatic rings. The van der Waals surface area contributed by atoms with Crippen LogP contribution in [0.1, 0.15) is 11.1 Å². The van der Waals surface area contributed by atoms with Gasteiger partial charge in [-0.3, -0.25) is 8.77 Å². The van der Waals surface area contributed by atoms with E-state index in [9.17, 15) is 4.79 Å². The van der Waals surface area contributed by atoms with E-state index in [1.807, 2.05) is 28.5 Å². The predicted octanol–water partition coefficient (Wildman–Crippen LogP) is 4.90. The molecule has 1 aliphatic heterocycles. The van der Waals surface area contributed by atoms with Crippen LogP contribution in [-0.4, -0.2) is 39.8 Å². The molecular formula is C24H23IN4O2S. The van der Waals surface area contributed by atoms with Crippen LogP contribution in [0.25, 0.3) is 22.2 Å². The van der Waals surface area contributed by atoms with Crippen LogP contribution >= 0.6 is 30.3 Å². The number of benzene rings is 1. The molecule has 0 aliphatic carbocycles. The Morgan fingerprint density at radius 1 is 1.16 bits per heavy atom. The van der Waals surface area contributed by atoms with Gasteiger partial charge in [-0.2, -0.15) is 0 Å². The number of ether oxygens (including phenoxy) is 1. The van der Waals surface area contributed by atoms with E-state index in [0.717, 1.165) is 59.7 Å². The van der Waals surface area contributed by atoms with Gasteiger partial charge in [0, 0.05) is 72.8 Å². The van der Waals surface area contributed by atoms with Gasteiger partial charge in [0.05, 0.1) is 31.6 Å². The molecule has 0 N–H and O–H groups in total. The molecular weight excluding hydrogens is 535 g/mol. The van der Waals surface area contributed by atoms with Crippen LogP contribution in [-0.2, 0) is 11.3 Å². The molecule has 8 heteroatoms. The lowest BCUT2D eigenvalue weighted by atomic mass is 10.1. The highest BCUT2D eigenvalue weighted by atomic mass is 127. The van der Waals surface area contributed by atoms with Crippen molar-refractivity contribution in [2.45, 2.75) is 13.5 Å².